The zero-order chi connectivity index (χ0) is 13.1. The molecule has 1 unspecified atom stereocenters. The third kappa shape index (κ3) is 3.10. The van der Waals surface area contributed by atoms with Crippen molar-refractivity contribution in [1.82, 2.24) is 10.3 Å². The second-order valence-electron chi connectivity index (χ2n) is 4.17. The van der Waals surface area contributed by atoms with Gasteiger partial charge in [0, 0.05) is 21.6 Å². The van der Waals surface area contributed by atoms with Gasteiger partial charge in [-0.15, -0.1) is 11.3 Å². The minimum Gasteiger partial charge on any atom is -0.331 e. The molecule has 0 saturated heterocycles. The van der Waals surface area contributed by atoms with Crippen LogP contribution in [-0.4, -0.2) is 12.0 Å². The zero-order valence-corrected chi connectivity index (χ0v) is 13.0. The van der Waals surface area contributed by atoms with Gasteiger partial charge in [0.05, 0.1) is 5.69 Å². The van der Waals surface area contributed by atoms with Crippen LogP contribution in [0.2, 0.25) is 0 Å². The molecule has 0 radical (unpaired) electrons. The van der Waals surface area contributed by atoms with E-state index in [4.69, 9.17) is 0 Å². The van der Waals surface area contributed by atoms with Crippen LogP contribution in [0.3, 0.4) is 0 Å². The lowest BCUT2D eigenvalue weighted by Gasteiger charge is -2.07. The van der Waals surface area contributed by atoms with Crippen molar-refractivity contribution in [3.63, 3.8) is 0 Å². The molecule has 96 valence electrons. The number of aryl methyl sites for hydroxylation is 1. The number of anilines is 2. The van der Waals surface area contributed by atoms with Crippen LogP contribution in [-0.2, 0) is 0 Å². The van der Waals surface area contributed by atoms with Crippen molar-refractivity contribution in [3.8, 4) is 0 Å². The summed E-state index contributed by atoms with van der Waals surface area (Å²) in [5, 5.41) is 9.55. The maximum Gasteiger partial charge on any atom is 0.187 e. The number of nitrogens with zero attached hydrogens (tertiary/aromatic N) is 1. The van der Waals surface area contributed by atoms with Gasteiger partial charge in [0.15, 0.2) is 5.13 Å². The normalized spacial score (nSPS) is 12.4. The van der Waals surface area contributed by atoms with Crippen LogP contribution in [0, 0.1) is 6.92 Å². The Labute approximate surface area is 120 Å². The summed E-state index contributed by atoms with van der Waals surface area (Å²) in [4.78, 5) is 4.57. The average molecular weight is 326 g/mol. The van der Waals surface area contributed by atoms with Gasteiger partial charge >= 0.3 is 0 Å². The Balaban J connectivity index is 2.16. The summed E-state index contributed by atoms with van der Waals surface area (Å²) in [5.74, 6) is 0. The molecule has 0 saturated carbocycles. The van der Waals surface area contributed by atoms with Crippen molar-refractivity contribution < 1.29 is 0 Å². The van der Waals surface area contributed by atoms with Crippen molar-refractivity contribution in [3.05, 3.63) is 39.3 Å². The number of hydrogen-bond acceptors (Lipinski definition) is 4. The van der Waals surface area contributed by atoms with Crippen LogP contribution in [0.5, 0.6) is 0 Å². The number of hydrogen-bond donors (Lipinski definition) is 2. The molecule has 1 atom stereocenters. The molecule has 0 spiro atoms. The van der Waals surface area contributed by atoms with Crippen LogP contribution >= 0.6 is 27.3 Å². The highest BCUT2D eigenvalue weighted by Crippen LogP contribution is 2.27. The van der Waals surface area contributed by atoms with E-state index in [0.717, 1.165) is 21.0 Å². The lowest BCUT2D eigenvalue weighted by Crippen LogP contribution is -2.12. The molecule has 0 aliphatic carbocycles. The molecule has 2 aromatic rings. The summed E-state index contributed by atoms with van der Waals surface area (Å²) in [6, 6.07) is 6.46. The van der Waals surface area contributed by atoms with Crippen molar-refractivity contribution in [1.29, 1.82) is 0 Å². The number of rotatable bonds is 4. The molecular weight excluding hydrogens is 310 g/mol. The summed E-state index contributed by atoms with van der Waals surface area (Å²) in [6.45, 7) is 4.18. The molecule has 0 aliphatic rings. The molecule has 0 amide bonds. The van der Waals surface area contributed by atoms with Crippen molar-refractivity contribution in [2.75, 3.05) is 12.4 Å². The van der Waals surface area contributed by atoms with Crippen LogP contribution in [0.4, 0.5) is 10.8 Å². The van der Waals surface area contributed by atoms with Crippen molar-refractivity contribution in [2.24, 2.45) is 0 Å². The van der Waals surface area contributed by atoms with E-state index in [2.05, 4.69) is 62.9 Å². The molecule has 0 aliphatic heterocycles. The van der Waals surface area contributed by atoms with E-state index >= 15 is 0 Å². The quantitative estimate of drug-likeness (QED) is 0.882. The third-order valence-electron chi connectivity index (χ3n) is 2.83. The van der Waals surface area contributed by atoms with Crippen LogP contribution in [0.25, 0.3) is 0 Å². The number of aromatic nitrogens is 1. The van der Waals surface area contributed by atoms with E-state index in [1.807, 2.05) is 13.1 Å². The molecule has 0 bridgehead atoms. The Morgan fingerprint density at radius 2 is 2.17 bits per heavy atom. The highest BCUT2D eigenvalue weighted by Gasteiger charge is 2.08. The molecule has 2 rings (SSSR count). The van der Waals surface area contributed by atoms with Gasteiger partial charge in [0.25, 0.3) is 0 Å². The largest absolute Gasteiger partial charge is 0.331 e. The summed E-state index contributed by atoms with van der Waals surface area (Å²) < 4.78 is 1.09. The predicted octanol–water partition coefficient (Wildman–Crippen LogP) is 4.24. The molecule has 5 heteroatoms. The Morgan fingerprint density at radius 1 is 1.39 bits per heavy atom. The third-order valence-corrected chi connectivity index (χ3v) is 4.10. The number of thiazole rings is 1. The first-order valence-electron chi connectivity index (χ1n) is 5.76. The van der Waals surface area contributed by atoms with Gasteiger partial charge in [-0.1, -0.05) is 15.9 Å². The SMILES string of the molecule is CNC(C)c1csc(Nc2ccc(Br)cc2C)n1. The minimum atomic E-state index is 0.280. The summed E-state index contributed by atoms with van der Waals surface area (Å²) in [7, 11) is 1.94. The van der Waals surface area contributed by atoms with Crippen LogP contribution in [0.1, 0.15) is 24.2 Å². The van der Waals surface area contributed by atoms with E-state index in [1.54, 1.807) is 11.3 Å². The van der Waals surface area contributed by atoms with E-state index in [1.165, 1.54) is 5.56 Å². The minimum absolute atomic E-state index is 0.280. The lowest BCUT2D eigenvalue weighted by molar-refractivity contribution is 0.637. The Bertz CT molecular complexity index is 539. The first kappa shape index (κ1) is 13.5. The fourth-order valence-electron chi connectivity index (χ4n) is 1.57. The number of nitrogens with one attached hydrogen (secondary N) is 2. The molecule has 0 fully saturated rings. The second-order valence-corrected chi connectivity index (χ2v) is 5.95. The highest BCUT2D eigenvalue weighted by molar-refractivity contribution is 9.10. The molecule has 1 aromatic carbocycles. The summed E-state index contributed by atoms with van der Waals surface area (Å²) >= 11 is 5.09. The first-order valence-corrected chi connectivity index (χ1v) is 7.43. The molecule has 2 N–H and O–H groups in total. The molecule has 1 heterocycles. The molecule has 18 heavy (non-hydrogen) atoms. The van der Waals surface area contributed by atoms with Gasteiger partial charge < -0.3 is 10.6 Å². The van der Waals surface area contributed by atoms with Gasteiger partial charge in [-0.2, -0.15) is 0 Å². The summed E-state index contributed by atoms with van der Waals surface area (Å²) in [6.07, 6.45) is 0. The topological polar surface area (TPSA) is 37.0 Å². The van der Waals surface area contributed by atoms with Gasteiger partial charge in [0.2, 0.25) is 0 Å². The van der Waals surface area contributed by atoms with Crippen molar-refractivity contribution >= 4 is 38.1 Å². The maximum absolute atomic E-state index is 4.57. The van der Waals surface area contributed by atoms with Gasteiger partial charge in [0.1, 0.15) is 0 Å². The molecular formula is C13H16BrN3S. The predicted molar refractivity (Wildman–Crippen MR) is 81.8 cm³/mol. The average Bonchev–Trinajstić information content (AvgIpc) is 2.80. The second kappa shape index (κ2) is 5.82. The van der Waals surface area contributed by atoms with Gasteiger partial charge in [-0.3, -0.25) is 0 Å². The number of benzene rings is 1. The maximum atomic E-state index is 4.57. The smallest absolute Gasteiger partial charge is 0.187 e. The monoisotopic (exact) mass is 325 g/mol. The standard InChI is InChI=1S/C13H16BrN3S/c1-8-6-10(14)4-5-11(8)16-13-17-12(7-18-13)9(2)15-3/h4-7,9,15H,1-3H3,(H,16,17). The van der Waals surface area contributed by atoms with E-state index in [9.17, 15) is 0 Å². The molecule has 3 nitrogen and oxygen atoms in total. The van der Waals surface area contributed by atoms with E-state index in [-0.39, 0.29) is 6.04 Å². The lowest BCUT2D eigenvalue weighted by atomic mass is 10.2. The Morgan fingerprint density at radius 3 is 2.83 bits per heavy atom. The van der Waals surface area contributed by atoms with Crippen LogP contribution in [0.15, 0.2) is 28.1 Å². The zero-order valence-electron chi connectivity index (χ0n) is 10.6. The van der Waals surface area contributed by atoms with E-state index in [0.29, 0.717) is 0 Å². The van der Waals surface area contributed by atoms with Gasteiger partial charge in [-0.25, -0.2) is 4.98 Å². The van der Waals surface area contributed by atoms with Crippen LogP contribution < -0.4 is 10.6 Å². The fraction of sp³-hybridized carbons (Fsp3) is 0.308. The Hall–Kier alpha value is -0.910. The molecule has 1 aromatic heterocycles. The van der Waals surface area contributed by atoms with Crippen molar-refractivity contribution in [2.45, 2.75) is 19.9 Å². The first-order chi connectivity index (χ1) is 8.60. The number of halogens is 1. The fourth-order valence-corrected chi connectivity index (χ4v) is 2.86. The van der Waals surface area contributed by atoms with Gasteiger partial charge in [-0.05, 0) is 44.7 Å². The Kier molecular flexibility index (Phi) is 4.37. The summed E-state index contributed by atoms with van der Waals surface area (Å²) in [5.41, 5.74) is 3.36. The highest BCUT2D eigenvalue weighted by atomic mass is 79.9. The van der Waals surface area contributed by atoms with E-state index < -0.39 is 0 Å².